The van der Waals surface area contributed by atoms with Crippen LogP contribution < -0.4 is 27.8 Å². The molecule has 0 bridgehead atoms. The smallest absolute Gasteiger partial charge is 0.354 e. The first kappa shape index (κ1) is 31.7. The number of aromatic nitrogens is 3. The SMILES string of the molecule is CC(=O)N[C@@H](C)CCCc1cc(Cl)c(F)c(-c2cc3cn(-c4ccc([C@H](C)NCCCN=C(N)N)cc4)c(=O)nc3[nH]2)c1. The van der Waals surface area contributed by atoms with Crippen molar-refractivity contribution in [3.8, 4) is 16.9 Å². The summed E-state index contributed by atoms with van der Waals surface area (Å²) in [6.07, 6.45) is 4.74. The quantitative estimate of drug-likeness (QED) is 0.0864. The number of aryl methyl sites for hydroxylation is 1. The number of nitrogens with two attached hydrogens (primary N) is 2. The fraction of sp³-hybridized carbons (Fsp3) is 0.355. The van der Waals surface area contributed by atoms with E-state index in [9.17, 15) is 9.59 Å². The zero-order valence-corrected chi connectivity index (χ0v) is 25.3. The van der Waals surface area contributed by atoms with Gasteiger partial charge in [0.1, 0.15) is 5.65 Å². The monoisotopic (exact) mass is 608 g/mol. The number of hydrogen-bond acceptors (Lipinski definition) is 5. The first-order valence-electron chi connectivity index (χ1n) is 14.3. The molecule has 2 heterocycles. The van der Waals surface area contributed by atoms with E-state index in [1.807, 2.05) is 31.2 Å². The van der Waals surface area contributed by atoms with E-state index in [0.717, 1.165) is 36.9 Å². The Morgan fingerprint density at radius 1 is 1.16 bits per heavy atom. The number of hydrogen-bond donors (Lipinski definition) is 5. The van der Waals surface area contributed by atoms with Gasteiger partial charge in [0.2, 0.25) is 5.91 Å². The average molecular weight is 609 g/mol. The lowest BCUT2D eigenvalue weighted by Crippen LogP contribution is -2.30. The number of nitrogens with zero attached hydrogens (tertiary/aromatic N) is 3. The molecule has 0 radical (unpaired) electrons. The Balaban J connectivity index is 1.50. The van der Waals surface area contributed by atoms with Gasteiger partial charge in [0.15, 0.2) is 11.8 Å². The van der Waals surface area contributed by atoms with Crippen molar-refractivity contribution in [1.29, 1.82) is 0 Å². The molecule has 7 N–H and O–H groups in total. The summed E-state index contributed by atoms with van der Waals surface area (Å²) in [5.41, 5.74) is 14.0. The lowest BCUT2D eigenvalue weighted by Gasteiger charge is -2.15. The Labute approximate surface area is 254 Å². The molecule has 0 saturated carbocycles. The Morgan fingerprint density at radius 2 is 1.91 bits per heavy atom. The fourth-order valence-corrected chi connectivity index (χ4v) is 5.23. The summed E-state index contributed by atoms with van der Waals surface area (Å²) in [4.78, 5) is 35.5. The number of guanidine groups is 1. The van der Waals surface area contributed by atoms with Gasteiger partial charge in [0.05, 0.1) is 16.4 Å². The van der Waals surface area contributed by atoms with Crippen molar-refractivity contribution >= 4 is 34.5 Å². The van der Waals surface area contributed by atoms with Crippen molar-refractivity contribution in [1.82, 2.24) is 25.2 Å². The Morgan fingerprint density at radius 3 is 2.60 bits per heavy atom. The molecule has 2 aromatic heterocycles. The molecule has 2 atom stereocenters. The van der Waals surface area contributed by atoms with Gasteiger partial charge >= 0.3 is 5.69 Å². The third-order valence-corrected chi connectivity index (χ3v) is 7.46. The van der Waals surface area contributed by atoms with Crippen molar-refractivity contribution in [3.05, 3.63) is 81.1 Å². The highest BCUT2D eigenvalue weighted by Crippen LogP contribution is 2.31. The van der Waals surface area contributed by atoms with Crippen molar-refractivity contribution in [2.75, 3.05) is 13.1 Å². The topological polar surface area (TPSA) is 156 Å². The molecule has 2 aromatic carbocycles. The largest absolute Gasteiger partial charge is 0.370 e. The zero-order valence-electron chi connectivity index (χ0n) is 24.6. The van der Waals surface area contributed by atoms with Crippen LogP contribution in [-0.2, 0) is 11.2 Å². The van der Waals surface area contributed by atoms with Gasteiger partial charge in [-0.15, -0.1) is 0 Å². The lowest BCUT2D eigenvalue weighted by molar-refractivity contribution is -0.119. The molecule has 4 rings (SSSR count). The molecule has 0 aliphatic carbocycles. The van der Waals surface area contributed by atoms with Gasteiger partial charge in [-0.2, -0.15) is 4.98 Å². The van der Waals surface area contributed by atoms with Gasteiger partial charge in [0.25, 0.3) is 0 Å². The highest BCUT2D eigenvalue weighted by molar-refractivity contribution is 6.31. The first-order chi connectivity index (χ1) is 20.5. The molecule has 12 heteroatoms. The number of H-pyrrole nitrogens is 1. The minimum atomic E-state index is -0.548. The summed E-state index contributed by atoms with van der Waals surface area (Å²) in [5.74, 6) is -0.527. The number of halogens is 2. The number of fused-ring (bicyclic) bond motifs is 1. The van der Waals surface area contributed by atoms with Crippen LogP contribution in [0.4, 0.5) is 4.39 Å². The molecule has 4 aromatic rings. The zero-order chi connectivity index (χ0) is 31.1. The molecule has 1 amide bonds. The van der Waals surface area contributed by atoms with Gasteiger partial charge in [-0.05, 0) is 87.5 Å². The normalized spacial score (nSPS) is 12.7. The van der Waals surface area contributed by atoms with Crippen LogP contribution in [0.5, 0.6) is 0 Å². The molecule has 0 aliphatic rings. The third kappa shape index (κ3) is 8.42. The number of carbonyl (C=O) groups is 1. The summed E-state index contributed by atoms with van der Waals surface area (Å²) < 4.78 is 16.6. The maximum atomic E-state index is 15.2. The molecule has 0 unspecified atom stereocenters. The fourth-order valence-electron chi connectivity index (χ4n) is 4.99. The molecular weight excluding hydrogens is 571 g/mol. The standard InChI is InChI=1S/C31H38ClFN8O2/c1-18(38-20(3)42)6-4-7-21-14-25(28(33)26(32)15-21)27-16-23-17-41(31(43)40-29(23)39-27)24-10-8-22(9-11-24)19(2)36-12-5-13-37-30(34)35/h8-11,14-19,36H,4-7,12-13H2,1-3H3,(H,38,42)(H4,34,35,37)(H,39,40,43)/t18-,19-/m0/s1. The van der Waals surface area contributed by atoms with Crippen molar-refractivity contribution in [2.24, 2.45) is 16.5 Å². The number of aliphatic imine (C=N–C) groups is 1. The molecule has 0 saturated heterocycles. The first-order valence-corrected chi connectivity index (χ1v) is 14.7. The Hall–Kier alpha value is -4.22. The molecule has 0 spiro atoms. The molecular formula is C31H38ClFN8O2. The van der Waals surface area contributed by atoms with E-state index in [0.29, 0.717) is 40.9 Å². The Bertz CT molecular complexity index is 1660. The van der Waals surface area contributed by atoms with Crippen LogP contribution in [0.2, 0.25) is 5.02 Å². The van der Waals surface area contributed by atoms with Crippen LogP contribution >= 0.6 is 11.6 Å². The van der Waals surface area contributed by atoms with Crippen LogP contribution in [0.3, 0.4) is 0 Å². The maximum Gasteiger partial charge on any atom is 0.354 e. The number of benzene rings is 2. The number of rotatable bonds is 13. The van der Waals surface area contributed by atoms with E-state index in [-0.39, 0.29) is 29.0 Å². The summed E-state index contributed by atoms with van der Waals surface area (Å²) in [5, 5.41) is 6.97. The summed E-state index contributed by atoms with van der Waals surface area (Å²) >= 11 is 6.26. The van der Waals surface area contributed by atoms with Crippen LogP contribution in [-0.4, -0.2) is 45.5 Å². The van der Waals surface area contributed by atoms with E-state index in [4.69, 9.17) is 23.1 Å². The number of amides is 1. The van der Waals surface area contributed by atoms with E-state index >= 15 is 4.39 Å². The molecule has 0 aliphatic heterocycles. The van der Waals surface area contributed by atoms with E-state index < -0.39 is 11.5 Å². The van der Waals surface area contributed by atoms with Crippen LogP contribution in [0.1, 0.15) is 57.2 Å². The van der Waals surface area contributed by atoms with Gasteiger partial charge in [0, 0.05) is 42.7 Å². The molecule has 10 nitrogen and oxygen atoms in total. The van der Waals surface area contributed by atoms with Crippen molar-refractivity contribution < 1.29 is 9.18 Å². The van der Waals surface area contributed by atoms with Crippen molar-refractivity contribution in [3.63, 3.8) is 0 Å². The summed E-state index contributed by atoms with van der Waals surface area (Å²) in [6, 6.07) is 12.9. The molecule has 0 fully saturated rings. The number of nitrogens with one attached hydrogen (secondary N) is 3. The van der Waals surface area contributed by atoms with Crippen molar-refractivity contribution in [2.45, 2.75) is 58.5 Å². The van der Waals surface area contributed by atoms with E-state index in [2.05, 4.69) is 32.5 Å². The van der Waals surface area contributed by atoms with E-state index in [1.54, 1.807) is 24.4 Å². The van der Waals surface area contributed by atoms with Gasteiger partial charge in [-0.1, -0.05) is 23.7 Å². The highest BCUT2D eigenvalue weighted by Gasteiger charge is 2.16. The predicted octanol–water partition coefficient (Wildman–Crippen LogP) is 4.33. The third-order valence-electron chi connectivity index (χ3n) is 7.19. The highest BCUT2D eigenvalue weighted by atomic mass is 35.5. The second-order valence-electron chi connectivity index (χ2n) is 10.7. The predicted molar refractivity (Wildman–Crippen MR) is 170 cm³/mol. The van der Waals surface area contributed by atoms with Gasteiger partial charge in [-0.25, -0.2) is 9.18 Å². The number of aromatic amines is 1. The molecule has 43 heavy (non-hydrogen) atoms. The Kier molecular flexibility index (Phi) is 10.5. The van der Waals surface area contributed by atoms with E-state index in [1.165, 1.54) is 11.5 Å². The average Bonchev–Trinajstić information content (AvgIpc) is 3.36. The second-order valence-corrected chi connectivity index (χ2v) is 11.1. The maximum absolute atomic E-state index is 15.2. The van der Waals surface area contributed by atoms with Crippen LogP contribution in [0, 0.1) is 5.82 Å². The van der Waals surface area contributed by atoms with Gasteiger partial charge < -0.3 is 27.1 Å². The lowest BCUT2D eigenvalue weighted by atomic mass is 10.0. The van der Waals surface area contributed by atoms with Crippen LogP contribution in [0.15, 0.2) is 58.4 Å². The minimum Gasteiger partial charge on any atom is -0.370 e. The van der Waals surface area contributed by atoms with Crippen LogP contribution in [0.25, 0.3) is 28.0 Å². The second kappa shape index (κ2) is 14.3. The molecule has 228 valence electrons. The number of carbonyl (C=O) groups excluding carboxylic acids is 1. The summed E-state index contributed by atoms with van der Waals surface area (Å²) in [7, 11) is 0. The minimum absolute atomic E-state index is 0.0196. The van der Waals surface area contributed by atoms with Gasteiger partial charge in [-0.3, -0.25) is 14.4 Å². The summed E-state index contributed by atoms with van der Waals surface area (Å²) in [6.45, 7) is 6.81.